The lowest BCUT2D eigenvalue weighted by atomic mass is 10.2. The smallest absolute Gasteiger partial charge is 0.320 e. The van der Waals surface area contributed by atoms with Crippen LogP contribution in [-0.4, -0.2) is 10.2 Å². The van der Waals surface area contributed by atoms with Crippen LogP contribution in [0.4, 0.5) is 11.7 Å². The van der Waals surface area contributed by atoms with Crippen molar-refractivity contribution in [3.8, 4) is 0 Å². The quantitative estimate of drug-likeness (QED) is 0.831. The van der Waals surface area contributed by atoms with Gasteiger partial charge in [0.05, 0.1) is 0 Å². The molecular formula is C11H12ClN3O. The van der Waals surface area contributed by atoms with Crippen molar-refractivity contribution in [2.75, 3.05) is 5.32 Å². The van der Waals surface area contributed by atoms with Crippen LogP contribution in [0.15, 0.2) is 28.7 Å². The van der Waals surface area contributed by atoms with Crippen LogP contribution in [0.2, 0.25) is 0 Å². The second-order valence-electron chi connectivity index (χ2n) is 3.56. The SMILES string of the molecule is Cc1cccc(Nc2nnc(C(C)Cl)o2)c1. The second-order valence-corrected chi connectivity index (χ2v) is 4.21. The molecule has 0 radical (unpaired) electrons. The van der Waals surface area contributed by atoms with Crippen molar-refractivity contribution in [1.29, 1.82) is 0 Å². The molecule has 16 heavy (non-hydrogen) atoms. The molecule has 4 nitrogen and oxygen atoms in total. The van der Waals surface area contributed by atoms with Crippen LogP contribution in [-0.2, 0) is 0 Å². The van der Waals surface area contributed by atoms with E-state index in [1.54, 1.807) is 6.92 Å². The van der Waals surface area contributed by atoms with Crippen LogP contribution in [0.3, 0.4) is 0 Å². The molecule has 0 aliphatic rings. The van der Waals surface area contributed by atoms with Crippen molar-refractivity contribution in [3.63, 3.8) is 0 Å². The lowest BCUT2D eigenvalue weighted by Crippen LogP contribution is -1.90. The first kappa shape index (κ1) is 11.0. The topological polar surface area (TPSA) is 51.0 Å². The minimum atomic E-state index is -0.277. The van der Waals surface area contributed by atoms with Crippen molar-refractivity contribution in [2.45, 2.75) is 19.2 Å². The number of nitrogens with one attached hydrogen (secondary N) is 1. The van der Waals surface area contributed by atoms with Crippen LogP contribution in [0, 0.1) is 6.92 Å². The number of nitrogens with zero attached hydrogens (tertiary/aromatic N) is 2. The molecule has 0 saturated heterocycles. The van der Waals surface area contributed by atoms with Crippen LogP contribution >= 0.6 is 11.6 Å². The second kappa shape index (κ2) is 4.53. The maximum Gasteiger partial charge on any atom is 0.320 e. The van der Waals surface area contributed by atoms with Gasteiger partial charge in [0.25, 0.3) is 0 Å². The highest BCUT2D eigenvalue weighted by Gasteiger charge is 2.10. The largest absolute Gasteiger partial charge is 0.406 e. The molecular weight excluding hydrogens is 226 g/mol. The molecule has 1 heterocycles. The van der Waals surface area contributed by atoms with Gasteiger partial charge in [0.15, 0.2) is 0 Å². The number of alkyl halides is 1. The van der Waals surface area contributed by atoms with Crippen LogP contribution in [0.25, 0.3) is 0 Å². The Kier molecular flexibility index (Phi) is 3.10. The Morgan fingerprint density at radius 3 is 2.81 bits per heavy atom. The lowest BCUT2D eigenvalue weighted by molar-refractivity contribution is 0.510. The Labute approximate surface area is 98.6 Å². The number of aromatic nitrogens is 2. The summed E-state index contributed by atoms with van der Waals surface area (Å²) >= 11 is 5.82. The third kappa shape index (κ3) is 2.52. The fourth-order valence-corrected chi connectivity index (χ4v) is 1.38. The molecule has 2 aromatic rings. The van der Waals surface area contributed by atoms with E-state index >= 15 is 0 Å². The van der Waals surface area contributed by atoms with Crippen molar-refractivity contribution in [2.24, 2.45) is 0 Å². The molecule has 0 amide bonds. The summed E-state index contributed by atoms with van der Waals surface area (Å²) in [5, 5.41) is 10.4. The van der Waals surface area contributed by atoms with E-state index < -0.39 is 0 Å². The minimum Gasteiger partial charge on any atom is -0.406 e. The van der Waals surface area contributed by atoms with Crippen molar-refractivity contribution < 1.29 is 4.42 Å². The van der Waals surface area contributed by atoms with E-state index in [-0.39, 0.29) is 5.38 Å². The Morgan fingerprint density at radius 1 is 1.38 bits per heavy atom. The van der Waals surface area contributed by atoms with Gasteiger partial charge in [-0.05, 0) is 31.5 Å². The average molecular weight is 238 g/mol. The number of hydrogen-bond acceptors (Lipinski definition) is 4. The summed E-state index contributed by atoms with van der Waals surface area (Å²) < 4.78 is 5.32. The Bertz CT molecular complexity index is 482. The van der Waals surface area contributed by atoms with Gasteiger partial charge in [0.2, 0.25) is 5.89 Å². The zero-order valence-corrected chi connectivity index (χ0v) is 9.82. The summed E-state index contributed by atoms with van der Waals surface area (Å²) in [5.74, 6) is 0.414. The third-order valence-electron chi connectivity index (χ3n) is 2.05. The molecule has 1 atom stereocenters. The molecule has 0 spiro atoms. The molecule has 84 valence electrons. The molecule has 1 unspecified atom stereocenters. The fraction of sp³-hybridized carbons (Fsp3) is 0.273. The number of rotatable bonds is 3. The maximum atomic E-state index is 5.82. The van der Waals surface area contributed by atoms with Gasteiger partial charge in [-0.1, -0.05) is 17.2 Å². The average Bonchev–Trinajstić information content (AvgIpc) is 2.66. The summed E-state index contributed by atoms with van der Waals surface area (Å²) in [5.41, 5.74) is 2.08. The van der Waals surface area contributed by atoms with Gasteiger partial charge in [-0.25, -0.2) is 0 Å². The van der Waals surface area contributed by atoms with E-state index in [2.05, 4.69) is 15.5 Å². The van der Waals surface area contributed by atoms with Gasteiger partial charge in [-0.15, -0.1) is 16.7 Å². The number of aryl methyl sites for hydroxylation is 1. The molecule has 2 rings (SSSR count). The number of halogens is 1. The minimum absolute atomic E-state index is 0.277. The Hall–Kier alpha value is -1.55. The van der Waals surface area contributed by atoms with Gasteiger partial charge in [-0.3, -0.25) is 0 Å². The summed E-state index contributed by atoms with van der Waals surface area (Å²) in [6.07, 6.45) is 0. The van der Waals surface area contributed by atoms with Gasteiger partial charge in [0, 0.05) is 5.69 Å². The maximum absolute atomic E-state index is 5.82. The summed E-state index contributed by atoms with van der Waals surface area (Å²) in [4.78, 5) is 0. The van der Waals surface area contributed by atoms with E-state index in [1.165, 1.54) is 0 Å². The van der Waals surface area contributed by atoms with Crippen molar-refractivity contribution in [3.05, 3.63) is 35.7 Å². The molecule has 1 aromatic carbocycles. The van der Waals surface area contributed by atoms with E-state index in [4.69, 9.17) is 16.0 Å². The van der Waals surface area contributed by atoms with Crippen LogP contribution < -0.4 is 5.32 Å². The monoisotopic (exact) mass is 237 g/mol. The number of benzene rings is 1. The summed E-state index contributed by atoms with van der Waals surface area (Å²) in [7, 11) is 0. The van der Waals surface area contributed by atoms with Crippen molar-refractivity contribution in [1.82, 2.24) is 10.2 Å². The van der Waals surface area contributed by atoms with Gasteiger partial charge in [0.1, 0.15) is 5.38 Å². The third-order valence-corrected chi connectivity index (χ3v) is 2.24. The van der Waals surface area contributed by atoms with E-state index in [0.29, 0.717) is 11.9 Å². The van der Waals surface area contributed by atoms with Crippen molar-refractivity contribution >= 4 is 23.3 Å². The predicted molar refractivity (Wildman–Crippen MR) is 63.0 cm³/mol. The standard InChI is InChI=1S/C11H12ClN3O/c1-7-4-3-5-9(6-7)13-11-15-14-10(16-11)8(2)12/h3-6,8H,1-2H3,(H,13,15). The molecule has 5 heteroatoms. The fourth-order valence-electron chi connectivity index (χ4n) is 1.29. The lowest BCUT2D eigenvalue weighted by Gasteiger charge is -2.01. The molecule has 0 aliphatic carbocycles. The van der Waals surface area contributed by atoms with Gasteiger partial charge in [-0.2, -0.15) is 0 Å². The highest BCUT2D eigenvalue weighted by molar-refractivity contribution is 6.20. The summed E-state index contributed by atoms with van der Waals surface area (Å²) in [6, 6.07) is 8.26. The zero-order valence-electron chi connectivity index (χ0n) is 9.07. The zero-order chi connectivity index (χ0) is 11.5. The Morgan fingerprint density at radius 2 is 2.19 bits per heavy atom. The molecule has 1 N–H and O–H groups in total. The normalized spacial score (nSPS) is 12.4. The van der Waals surface area contributed by atoms with E-state index in [0.717, 1.165) is 11.3 Å². The van der Waals surface area contributed by atoms with Gasteiger partial charge < -0.3 is 9.73 Å². The van der Waals surface area contributed by atoms with Gasteiger partial charge >= 0.3 is 6.01 Å². The van der Waals surface area contributed by atoms with Crippen LogP contribution in [0.1, 0.15) is 23.8 Å². The van der Waals surface area contributed by atoms with E-state index in [1.807, 2.05) is 31.2 Å². The molecule has 1 aromatic heterocycles. The Balaban J connectivity index is 2.14. The first-order valence-corrected chi connectivity index (χ1v) is 5.40. The molecule has 0 bridgehead atoms. The first-order chi connectivity index (χ1) is 7.65. The molecule has 0 saturated carbocycles. The highest BCUT2D eigenvalue weighted by Crippen LogP contribution is 2.21. The molecule has 0 fully saturated rings. The predicted octanol–water partition coefficient (Wildman–Crippen LogP) is 3.42. The van der Waals surface area contributed by atoms with E-state index in [9.17, 15) is 0 Å². The summed E-state index contributed by atoms with van der Waals surface area (Å²) in [6.45, 7) is 3.80. The highest BCUT2D eigenvalue weighted by atomic mass is 35.5. The number of hydrogen-bond donors (Lipinski definition) is 1. The van der Waals surface area contributed by atoms with Crippen LogP contribution in [0.5, 0.6) is 0 Å². The first-order valence-electron chi connectivity index (χ1n) is 4.96. The number of anilines is 2. The molecule has 0 aliphatic heterocycles.